The lowest BCUT2D eigenvalue weighted by Crippen LogP contribution is -2.53. The molecule has 2 heterocycles. The first kappa shape index (κ1) is 22.6. The zero-order valence-corrected chi connectivity index (χ0v) is 20.0. The van der Waals surface area contributed by atoms with Crippen LogP contribution in [0.25, 0.3) is 0 Å². The van der Waals surface area contributed by atoms with Gasteiger partial charge >= 0.3 is 0 Å². The van der Waals surface area contributed by atoms with Crippen LogP contribution in [0.3, 0.4) is 0 Å². The molecule has 0 amide bonds. The summed E-state index contributed by atoms with van der Waals surface area (Å²) in [5.74, 6) is 0. The Hall–Kier alpha value is -1.62. The van der Waals surface area contributed by atoms with Crippen LogP contribution in [0.2, 0.25) is 0 Å². The van der Waals surface area contributed by atoms with Gasteiger partial charge in [-0.25, -0.2) is 12.7 Å². The summed E-state index contributed by atoms with van der Waals surface area (Å²) in [6.45, 7) is 4.64. The molecule has 1 saturated heterocycles. The summed E-state index contributed by atoms with van der Waals surface area (Å²) in [5.41, 5.74) is 2.05. The molecule has 0 spiro atoms. The van der Waals surface area contributed by atoms with Crippen molar-refractivity contribution >= 4 is 33.2 Å². The summed E-state index contributed by atoms with van der Waals surface area (Å²) < 4.78 is 26.5. The summed E-state index contributed by atoms with van der Waals surface area (Å²) in [5, 5.41) is 12.1. The molecule has 168 valence electrons. The molecule has 4 rings (SSSR count). The molecule has 0 atom stereocenters. The van der Waals surface area contributed by atoms with E-state index in [4.69, 9.17) is 0 Å². The van der Waals surface area contributed by atoms with Crippen molar-refractivity contribution in [3.8, 4) is 0 Å². The fourth-order valence-electron chi connectivity index (χ4n) is 4.03. The summed E-state index contributed by atoms with van der Waals surface area (Å²) in [4.78, 5) is 7.15. The minimum absolute atomic E-state index is 0.149. The maximum atomic E-state index is 12.7. The van der Waals surface area contributed by atoms with Crippen LogP contribution in [0.15, 0.2) is 57.2 Å². The van der Waals surface area contributed by atoms with E-state index in [1.807, 2.05) is 18.2 Å². The number of rotatable bonds is 6. The van der Waals surface area contributed by atoms with Crippen LogP contribution in [0.1, 0.15) is 6.42 Å². The number of hydrogen-bond donors (Lipinski definition) is 0. The fraction of sp³-hybridized carbons (Fsp3) is 0.455. The van der Waals surface area contributed by atoms with Gasteiger partial charge in [0.1, 0.15) is 0 Å². The number of anilines is 2. The second-order valence-electron chi connectivity index (χ2n) is 8.58. The highest BCUT2D eigenvalue weighted by Crippen LogP contribution is 2.48. The summed E-state index contributed by atoms with van der Waals surface area (Å²) in [6, 6.07) is 13.7. The predicted molar refractivity (Wildman–Crippen MR) is 125 cm³/mol. The Balaban J connectivity index is 1.57. The molecular formula is C22H30N4O3S2. The molecule has 7 nitrogen and oxygen atoms in total. The van der Waals surface area contributed by atoms with Crippen LogP contribution in [0.5, 0.6) is 0 Å². The summed E-state index contributed by atoms with van der Waals surface area (Å²) >= 11 is 1.68. The fourth-order valence-corrected chi connectivity index (χ4v) is 6.03. The van der Waals surface area contributed by atoms with E-state index in [1.54, 1.807) is 45.0 Å². The highest BCUT2D eigenvalue weighted by molar-refractivity contribution is 7.99. The van der Waals surface area contributed by atoms with Crippen LogP contribution in [-0.2, 0) is 10.0 Å². The SMILES string of the molecule is CN(C)S(=O)(=O)c1ccc2c(c1)N(CCCN1CC[N+](C)([O-])CC1)c1ccccc1S2. The Morgan fingerprint density at radius 1 is 1.03 bits per heavy atom. The molecule has 2 aromatic carbocycles. The molecule has 0 aromatic heterocycles. The lowest BCUT2D eigenvalue weighted by atomic mass is 10.2. The van der Waals surface area contributed by atoms with E-state index in [0.29, 0.717) is 18.0 Å². The van der Waals surface area contributed by atoms with E-state index in [1.165, 1.54) is 9.20 Å². The predicted octanol–water partition coefficient (Wildman–Crippen LogP) is 3.19. The standard InChI is InChI=1S/C22H30N4O3S2/c1-23(2)31(28,29)18-9-10-22-20(17-18)25(19-7-4-5-8-21(19)30-22)12-6-11-24-13-15-26(3,27)16-14-24/h4-5,7-10,17H,6,11-16H2,1-3H3. The van der Waals surface area contributed by atoms with E-state index in [0.717, 1.165) is 48.9 Å². The molecule has 9 heteroatoms. The molecule has 0 saturated carbocycles. The largest absolute Gasteiger partial charge is 0.633 e. The van der Waals surface area contributed by atoms with E-state index >= 15 is 0 Å². The van der Waals surface area contributed by atoms with Crippen LogP contribution in [-0.4, -0.2) is 82.7 Å². The second-order valence-corrected chi connectivity index (χ2v) is 11.8. The smallest absolute Gasteiger partial charge is 0.242 e. The van der Waals surface area contributed by atoms with Gasteiger partial charge in [-0.1, -0.05) is 23.9 Å². The zero-order valence-electron chi connectivity index (χ0n) is 18.3. The van der Waals surface area contributed by atoms with Gasteiger partial charge in [-0.3, -0.25) is 4.90 Å². The number of quaternary nitrogens is 1. The first-order valence-electron chi connectivity index (χ1n) is 10.6. The third-order valence-corrected chi connectivity index (χ3v) is 8.95. The van der Waals surface area contributed by atoms with Gasteiger partial charge < -0.3 is 14.8 Å². The van der Waals surface area contributed by atoms with Gasteiger partial charge in [0.2, 0.25) is 10.0 Å². The maximum Gasteiger partial charge on any atom is 0.242 e. The molecule has 0 bridgehead atoms. The number of nitrogens with zero attached hydrogens (tertiary/aromatic N) is 4. The topological polar surface area (TPSA) is 66.9 Å². The van der Waals surface area contributed by atoms with Crippen molar-refractivity contribution in [1.29, 1.82) is 0 Å². The monoisotopic (exact) mass is 462 g/mol. The average molecular weight is 463 g/mol. The van der Waals surface area contributed by atoms with Gasteiger partial charge in [0.25, 0.3) is 0 Å². The Morgan fingerprint density at radius 2 is 1.71 bits per heavy atom. The van der Waals surface area contributed by atoms with Crippen molar-refractivity contribution in [2.24, 2.45) is 0 Å². The Bertz CT molecular complexity index is 1050. The second kappa shape index (κ2) is 8.73. The van der Waals surface area contributed by atoms with Crippen molar-refractivity contribution in [2.75, 3.05) is 65.3 Å². The van der Waals surface area contributed by atoms with Gasteiger partial charge in [-0.2, -0.15) is 0 Å². The number of hydrogen-bond acceptors (Lipinski definition) is 6. The number of benzene rings is 2. The van der Waals surface area contributed by atoms with Gasteiger partial charge in [-0.15, -0.1) is 0 Å². The van der Waals surface area contributed by atoms with E-state index < -0.39 is 10.0 Å². The van der Waals surface area contributed by atoms with Crippen molar-refractivity contribution in [3.05, 3.63) is 47.7 Å². The van der Waals surface area contributed by atoms with E-state index in [2.05, 4.69) is 21.9 Å². The molecule has 0 radical (unpaired) electrons. The number of sulfonamides is 1. The van der Waals surface area contributed by atoms with Gasteiger partial charge in [-0.05, 0) is 36.8 Å². The number of hydroxylamine groups is 3. The first-order valence-corrected chi connectivity index (χ1v) is 12.8. The van der Waals surface area contributed by atoms with Gasteiger partial charge in [0.15, 0.2) is 0 Å². The maximum absolute atomic E-state index is 12.7. The normalized spacial score (nSPS) is 18.7. The van der Waals surface area contributed by atoms with Crippen molar-refractivity contribution in [1.82, 2.24) is 9.21 Å². The summed E-state index contributed by atoms with van der Waals surface area (Å²) in [7, 11) is 1.36. The Morgan fingerprint density at radius 3 is 2.42 bits per heavy atom. The molecular weight excluding hydrogens is 432 g/mol. The van der Waals surface area contributed by atoms with Crippen LogP contribution in [0.4, 0.5) is 11.4 Å². The average Bonchev–Trinajstić information content (AvgIpc) is 2.73. The minimum Gasteiger partial charge on any atom is -0.633 e. The Labute approximate surface area is 189 Å². The lowest BCUT2D eigenvalue weighted by Gasteiger charge is -2.45. The highest BCUT2D eigenvalue weighted by Gasteiger charge is 2.27. The molecule has 1 fully saturated rings. The minimum atomic E-state index is -3.50. The number of fused-ring (bicyclic) bond motifs is 2. The van der Waals surface area contributed by atoms with Crippen LogP contribution >= 0.6 is 11.8 Å². The molecule has 0 aliphatic carbocycles. The molecule has 31 heavy (non-hydrogen) atoms. The molecule has 2 aliphatic rings. The number of likely N-dealkylation sites (N-methyl/N-ethyl adjacent to an activating group) is 1. The molecule has 0 unspecified atom stereocenters. The van der Waals surface area contributed by atoms with Crippen molar-refractivity contribution in [3.63, 3.8) is 0 Å². The molecule has 2 aliphatic heterocycles. The Kier molecular flexibility index (Phi) is 6.35. The van der Waals surface area contributed by atoms with Crippen LogP contribution < -0.4 is 4.90 Å². The molecule has 0 N–H and O–H groups in total. The van der Waals surface area contributed by atoms with E-state index in [9.17, 15) is 13.6 Å². The van der Waals surface area contributed by atoms with Gasteiger partial charge in [0.05, 0.1) is 36.4 Å². The first-order chi connectivity index (χ1) is 14.7. The third kappa shape index (κ3) is 4.76. The van der Waals surface area contributed by atoms with E-state index in [-0.39, 0.29) is 4.65 Å². The number of piperazine rings is 1. The quantitative estimate of drug-likeness (QED) is 0.485. The number of para-hydroxylation sites is 1. The summed E-state index contributed by atoms with van der Waals surface area (Å²) in [6.07, 6.45) is 0.936. The third-order valence-electron chi connectivity index (χ3n) is 6.01. The van der Waals surface area contributed by atoms with Crippen molar-refractivity contribution < 1.29 is 13.1 Å². The van der Waals surface area contributed by atoms with Crippen molar-refractivity contribution in [2.45, 2.75) is 21.1 Å². The van der Waals surface area contributed by atoms with Gasteiger partial charge in [0, 0.05) is 50.1 Å². The molecule has 2 aromatic rings. The zero-order chi connectivity index (χ0) is 22.2. The lowest BCUT2D eigenvalue weighted by molar-refractivity contribution is -0.865. The highest BCUT2D eigenvalue weighted by atomic mass is 32.2. The van der Waals surface area contributed by atoms with Crippen LogP contribution in [0, 0.1) is 5.21 Å².